The molecule has 1 heteroatoms. The second kappa shape index (κ2) is 7.09. The van der Waals surface area contributed by atoms with E-state index < -0.39 is 0 Å². The smallest absolute Gasteiger partial charge is 0.0119 e. The molecule has 0 aliphatic carbocycles. The number of benzene rings is 1. The summed E-state index contributed by atoms with van der Waals surface area (Å²) in [4.78, 5) is 0. The molecule has 0 spiro atoms. The number of nitrogens with one attached hydrogen (secondary N) is 1. The zero-order chi connectivity index (χ0) is 14.5. The maximum Gasteiger partial charge on any atom is 0.0119 e. The van der Waals surface area contributed by atoms with E-state index in [0.29, 0.717) is 11.5 Å². The van der Waals surface area contributed by atoms with Crippen LogP contribution in [-0.2, 0) is 6.42 Å². The van der Waals surface area contributed by atoms with Crippen LogP contribution in [0.1, 0.15) is 57.2 Å². The molecule has 0 heterocycles. The standard InChI is InChI=1S/C18H31N/c1-7-13-19-17(18(4,5)6)12-11-16-14(2)9-8-10-15(16)3/h8-10,17,19H,7,11-13H2,1-6H3. The average Bonchev–Trinajstić information content (AvgIpc) is 2.30. The van der Waals surface area contributed by atoms with Crippen molar-refractivity contribution in [2.75, 3.05) is 6.54 Å². The maximum atomic E-state index is 3.72. The van der Waals surface area contributed by atoms with Gasteiger partial charge in [0.25, 0.3) is 0 Å². The van der Waals surface area contributed by atoms with Gasteiger partial charge in [-0.15, -0.1) is 0 Å². The fourth-order valence-electron chi connectivity index (χ4n) is 2.69. The van der Waals surface area contributed by atoms with Crippen LogP contribution in [0, 0.1) is 19.3 Å². The molecule has 0 saturated heterocycles. The van der Waals surface area contributed by atoms with Crippen LogP contribution >= 0.6 is 0 Å². The van der Waals surface area contributed by atoms with Crippen molar-refractivity contribution in [2.45, 2.75) is 66.8 Å². The highest BCUT2D eigenvalue weighted by molar-refractivity contribution is 5.33. The lowest BCUT2D eigenvalue weighted by Gasteiger charge is -2.32. The summed E-state index contributed by atoms with van der Waals surface area (Å²) in [6.07, 6.45) is 3.60. The van der Waals surface area contributed by atoms with E-state index >= 15 is 0 Å². The number of hydrogen-bond donors (Lipinski definition) is 1. The molecule has 1 N–H and O–H groups in total. The molecule has 0 bridgehead atoms. The minimum absolute atomic E-state index is 0.325. The van der Waals surface area contributed by atoms with Crippen LogP contribution in [0.2, 0.25) is 0 Å². The summed E-state index contributed by atoms with van der Waals surface area (Å²) in [5, 5.41) is 3.72. The molecule has 0 aliphatic heterocycles. The molecule has 19 heavy (non-hydrogen) atoms. The summed E-state index contributed by atoms with van der Waals surface area (Å²) in [6.45, 7) is 14.8. The molecule has 1 aromatic carbocycles. The Labute approximate surface area is 119 Å². The monoisotopic (exact) mass is 261 g/mol. The third-order valence-corrected chi connectivity index (χ3v) is 4.01. The van der Waals surface area contributed by atoms with Gasteiger partial charge >= 0.3 is 0 Å². The summed E-state index contributed by atoms with van der Waals surface area (Å²) in [5.74, 6) is 0. The first-order valence-electron chi connectivity index (χ1n) is 7.64. The van der Waals surface area contributed by atoms with Crippen LogP contribution in [-0.4, -0.2) is 12.6 Å². The molecule has 1 aromatic rings. The Hall–Kier alpha value is -0.820. The van der Waals surface area contributed by atoms with E-state index in [0.717, 1.165) is 6.54 Å². The largest absolute Gasteiger partial charge is 0.313 e. The summed E-state index contributed by atoms with van der Waals surface area (Å²) >= 11 is 0. The van der Waals surface area contributed by atoms with E-state index in [1.54, 1.807) is 0 Å². The van der Waals surface area contributed by atoms with Crippen LogP contribution < -0.4 is 5.32 Å². The van der Waals surface area contributed by atoms with Crippen LogP contribution in [0.4, 0.5) is 0 Å². The summed E-state index contributed by atoms with van der Waals surface area (Å²) in [5.41, 5.74) is 4.73. The molecule has 0 aromatic heterocycles. The van der Waals surface area contributed by atoms with E-state index in [1.165, 1.54) is 36.0 Å². The molecule has 1 unspecified atom stereocenters. The average molecular weight is 261 g/mol. The van der Waals surface area contributed by atoms with E-state index in [2.05, 4.69) is 65.1 Å². The zero-order valence-corrected chi connectivity index (χ0v) is 13.6. The molecule has 0 saturated carbocycles. The first-order valence-corrected chi connectivity index (χ1v) is 7.64. The van der Waals surface area contributed by atoms with Crippen LogP contribution in [0.5, 0.6) is 0 Å². The van der Waals surface area contributed by atoms with Crippen molar-refractivity contribution in [3.05, 3.63) is 34.9 Å². The Bertz CT molecular complexity index is 367. The normalized spacial score (nSPS) is 13.6. The topological polar surface area (TPSA) is 12.0 Å². The van der Waals surface area contributed by atoms with Gasteiger partial charge in [-0.2, -0.15) is 0 Å². The maximum absolute atomic E-state index is 3.72. The van der Waals surface area contributed by atoms with Crippen molar-refractivity contribution in [2.24, 2.45) is 5.41 Å². The van der Waals surface area contributed by atoms with Gasteiger partial charge in [-0.3, -0.25) is 0 Å². The molecular weight excluding hydrogens is 230 g/mol. The summed E-state index contributed by atoms with van der Waals surface area (Å²) in [6, 6.07) is 7.21. The van der Waals surface area contributed by atoms with Crippen LogP contribution in [0.15, 0.2) is 18.2 Å². The molecular formula is C18H31N. The van der Waals surface area contributed by atoms with Crippen LogP contribution in [0.25, 0.3) is 0 Å². The lowest BCUT2D eigenvalue weighted by molar-refractivity contribution is 0.255. The van der Waals surface area contributed by atoms with Gasteiger partial charge in [0.05, 0.1) is 0 Å². The molecule has 108 valence electrons. The second-order valence-electron chi connectivity index (χ2n) is 6.78. The lowest BCUT2D eigenvalue weighted by Crippen LogP contribution is -2.41. The van der Waals surface area contributed by atoms with E-state index in [1.807, 2.05) is 0 Å². The molecule has 1 rings (SSSR count). The Kier molecular flexibility index (Phi) is 6.06. The van der Waals surface area contributed by atoms with Gasteiger partial charge in [-0.25, -0.2) is 0 Å². The number of aryl methyl sites for hydroxylation is 2. The fourth-order valence-corrected chi connectivity index (χ4v) is 2.69. The quantitative estimate of drug-likeness (QED) is 0.786. The van der Waals surface area contributed by atoms with Crippen molar-refractivity contribution in [1.82, 2.24) is 5.32 Å². The van der Waals surface area contributed by atoms with E-state index in [4.69, 9.17) is 0 Å². The Morgan fingerprint density at radius 3 is 2.16 bits per heavy atom. The molecule has 1 atom stereocenters. The van der Waals surface area contributed by atoms with Crippen molar-refractivity contribution >= 4 is 0 Å². The zero-order valence-electron chi connectivity index (χ0n) is 13.6. The van der Waals surface area contributed by atoms with Gasteiger partial charge in [-0.05, 0) is 61.8 Å². The van der Waals surface area contributed by atoms with Crippen molar-refractivity contribution in [3.63, 3.8) is 0 Å². The van der Waals surface area contributed by atoms with E-state index in [-0.39, 0.29) is 0 Å². The minimum atomic E-state index is 0.325. The first kappa shape index (κ1) is 16.2. The van der Waals surface area contributed by atoms with Gasteiger partial charge in [-0.1, -0.05) is 45.9 Å². The molecule has 0 aliphatic rings. The predicted molar refractivity (Wildman–Crippen MR) is 85.8 cm³/mol. The first-order chi connectivity index (χ1) is 8.86. The summed E-state index contributed by atoms with van der Waals surface area (Å²) < 4.78 is 0. The van der Waals surface area contributed by atoms with E-state index in [9.17, 15) is 0 Å². The molecule has 1 nitrogen and oxygen atoms in total. The van der Waals surface area contributed by atoms with Gasteiger partial charge in [0.1, 0.15) is 0 Å². The number of hydrogen-bond acceptors (Lipinski definition) is 1. The minimum Gasteiger partial charge on any atom is -0.313 e. The highest BCUT2D eigenvalue weighted by Gasteiger charge is 2.23. The highest BCUT2D eigenvalue weighted by atomic mass is 14.9. The third-order valence-electron chi connectivity index (χ3n) is 4.01. The third kappa shape index (κ3) is 4.99. The molecule has 0 radical (unpaired) electrons. The van der Waals surface area contributed by atoms with Crippen molar-refractivity contribution in [1.29, 1.82) is 0 Å². The highest BCUT2D eigenvalue weighted by Crippen LogP contribution is 2.25. The van der Waals surface area contributed by atoms with Crippen molar-refractivity contribution in [3.8, 4) is 0 Å². The lowest BCUT2D eigenvalue weighted by atomic mass is 9.82. The van der Waals surface area contributed by atoms with Gasteiger partial charge < -0.3 is 5.32 Å². The van der Waals surface area contributed by atoms with Gasteiger partial charge in [0, 0.05) is 6.04 Å². The van der Waals surface area contributed by atoms with Gasteiger partial charge in [0.15, 0.2) is 0 Å². The molecule has 0 amide bonds. The fraction of sp³-hybridized carbons (Fsp3) is 0.667. The van der Waals surface area contributed by atoms with Crippen LogP contribution in [0.3, 0.4) is 0 Å². The Morgan fingerprint density at radius 2 is 1.68 bits per heavy atom. The summed E-state index contributed by atoms with van der Waals surface area (Å²) in [7, 11) is 0. The SMILES string of the molecule is CCCNC(CCc1c(C)cccc1C)C(C)(C)C. The predicted octanol–water partition coefficient (Wildman–Crippen LogP) is 4.65. The Balaban J connectivity index is 2.71. The number of rotatable bonds is 6. The van der Waals surface area contributed by atoms with Crippen molar-refractivity contribution < 1.29 is 0 Å². The van der Waals surface area contributed by atoms with Gasteiger partial charge in [0.2, 0.25) is 0 Å². The Morgan fingerprint density at radius 1 is 1.11 bits per heavy atom. The second-order valence-corrected chi connectivity index (χ2v) is 6.78. The molecule has 0 fully saturated rings.